The number of fused-ring (bicyclic) bond motifs is 4. The van der Waals surface area contributed by atoms with Crippen molar-refractivity contribution in [2.75, 3.05) is 32.8 Å². The van der Waals surface area contributed by atoms with Crippen LogP contribution in [0.4, 0.5) is 4.79 Å². The Morgan fingerprint density at radius 2 is 1.88 bits per heavy atom. The molecule has 5 rings (SSSR count). The van der Waals surface area contributed by atoms with Gasteiger partial charge in [0.2, 0.25) is 5.91 Å². The van der Waals surface area contributed by atoms with Crippen molar-refractivity contribution < 1.29 is 14.3 Å². The van der Waals surface area contributed by atoms with Crippen LogP contribution in [0.5, 0.6) is 0 Å². The van der Waals surface area contributed by atoms with Crippen LogP contribution in [-0.2, 0) is 9.53 Å². The van der Waals surface area contributed by atoms with E-state index >= 15 is 0 Å². The summed E-state index contributed by atoms with van der Waals surface area (Å²) >= 11 is 0. The van der Waals surface area contributed by atoms with E-state index in [4.69, 9.17) is 4.74 Å². The van der Waals surface area contributed by atoms with Crippen LogP contribution in [0.15, 0.2) is 0 Å². The first-order valence-electron chi connectivity index (χ1n) is 10.1. The first kappa shape index (κ1) is 17.1. The highest BCUT2D eigenvalue weighted by Gasteiger charge is 2.61. The number of nitrogens with zero attached hydrogens (tertiary/aromatic N) is 2. The highest BCUT2D eigenvalue weighted by atomic mass is 16.6. The van der Waals surface area contributed by atoms with Gasteiger partial charge < -0.3 is 15.0 Å². The Labute approximate surface area is 150 Å². The number of likely N-dealkylation sites (tertiary alicyclic amines) is 1. The largest absolute Gasteiger partial charge is 0.450 e. The van der Waals surface area contributed by atoms with E-state index in [9.17, 15) is 9.59 Å². The van der Waals surface area contributed by atoms with E-state index in [-0.39, 0.29) is 17.9 Å². The molecule has 1 N–H and O–H groups in total. The van der Waals surface area contributed by atoms with E-state index in [0.29, 0.717) is 36.4 Å². The van der Waals surface area contributed by atoms with Gasteiger partial charge in [0.05, 0.1) is 6.61 Å². The summed E-state index contributed by atoms with van der Waals surface area (Å²) in [5.74, 6) is 2.24. The predicted octanol–water partition coefficient (Wildman–Crippen LogP) is 1.70. The number of rotatable bonds is 5. The van der Waals surface area contributed by atoms with Crippen molar-refractivity contribution in [2.24, 2.45) is 23.7 Å². The van der Waals surface area contributed by atoms with Crippen LogP contribution in [0.2, 0.25) is 0 Å². The molecule has 3 heterocycles. The Balaban J connectivity index is 1.30. The molecule has 2 aliphatic carbocycles. The number of amides is 2. The predicted molar refractivity (Wildman–Crippen MR) is 94.0 cm³/mol. The van der Waals surface area contributed by atoms with Crippen LogP contribution in [0.1, 0.15) is 39.5 Å². The summed E-state index contributed by atoms with van der Waals surface area (Å²) in [6.45, 7) is 8.20. The average molecular weight is 349 g/mol. The second kappa shape index (κ2) is 6.78. The minimum atomic E-state index is -0.132. The smallest absolute Gasteiger partial charge is 0.410 e. The fraction of sp³-hybridized carbons (Fsp3) is 0.895. The fourth-order valence-electron chi connectivity index (χ4n) is 5.55. The molecule has 3 saturated heterocycles. The number of nitrogens with one attached hydrogen (secondary N) is 1. The van der Waals surface area contributed by atoms with Crippen LogP contribution in [0, 0.1) is 23.7 Å². The van der Waals surface area contributed by atoms with Crippen molar-refractivity contribution >= 4 is 12.0 Å². The first-order chi connectivity index (χ1) is 12.1. The molecule has 2 bridgehead atoms. The van der Waals surface area contributed by atoms with Gasteiger partial charge in [-0.3, -0.25) is 9.69 Å². The lowest BCUT2D eigenvalue weighted by Gasteiger charge is -2.51. The molecule has 5 atom stereocenters. The molecule has 5 aliphatic rings. The number of hydrogen-bond acceptors (Lipinski definition) is 4. The highest BCUT2D eigenvalue weighted by molar-refractivity contribution is 5.82. The van der Waals surface area contributed by atoms with Gasteiger partial charge in [-0.05, 0) is 50.4 Å². The van der Waals surface area contributed by atoms with Crippen LogP contribution >= 0.6 is 0 Å². The number of carbonyl (C=O) groups excluding carboxylic acids is 2. The highest BCUT2D eigenvalue weighted by Crippen LogP contribution is 2.54. The summed E-state index contributed by atoms with van der Waals surface area (Å²) < 4.78 is 5.22. The first-order valence-corrected chi connectivity index (χ1v) is 10.1. The number of piperidine rings is 3. The lowest BCUT2D eigenvalue weighted by molar-refractivity contribution is -0.123. The maximum Gasteiger partial charge on any atom is 0.410 e. The van der Waals surface area contributed by atoms with Gasteiger partial charge in [-0.1, -0.05) is 6.92 Å². The van der Waals surface area contributed by atoms with Gasteiger partial charge in [-0.2, -0.15) is 0 Å². The van der Waals surface area contributed by atoms with Crippen molar-refractivity contribution in [1.29, 1.82) is 0 Å². The normalized spacial score (nSPS) is 39.2. The van der Waals surface area contributed by atoms with Crippen LogP contribution in [-0.4, -0.2) is 66.7 Å². The molecule has 6 heteroatoms. The monoisotopic (exact) mass is 349 g/mol. The zero-order valence-electron chi connectivity index (χ0n) is 15.4. The van der Waals surface area contributed by atoms with Crippen molar-refractivity contribution in [3.05, 3.63) is 0 Å². The number of hydrogen-bond donors (Lipinski definition) is 1. The second-order valence-corrected chi connectivity index (χ2v) is 8.24. The van der Waals surface area contributed by atoms with E-state index in [1.807, 2.05) is 11.8 Å². The summed E-state index contributed by atoms with van der Waals surface area (Å²) in [5.41, 5.74) is 0. The SMILES string of the molecule is CCCNC(=O)C1[C@H]2CN([C@H]3C[C@@H]4CC[C@H]3CN4C(=O)OCC)C[C@H]12. The maximum absolute atomic E-state index is 12.2. The maximum atomic E-state index is 12.2. The van der Waals surface area contributed by atoms with Crippen molar-refractivity contribution in [3.63, 3.8) is 0 Å². The van der Waals surface area contributed by atoms with E-state index < -0.39 is 0 Å². The van der Waals surface area contributed by atoms with Gasteiger partial charge in [0.15, 0.2) is 0 Å². The molecule has 6 nitrogen and oxygen atoms in total. The van der Waals surface area contributed by atoms with E-state index in [1.54, 1.807) is 0 Å². The van der Waals surface area contributed by atoms with Crippen molar-refractivity contribution in [3.8, 4) is 0 Å². The zero-order valence-corrected chi connectivity index (χ0v) is 15.4. The Bertz CT molecular complexity index is 528. The molecular weight excluding hydrogens is 318 g/mol. The minimum Gasteiger partial charge on any atom is -0.450 e. The molecule has 2 saturated carbocycles. The zero-order chi connectivity index (χ0) is 17.6. The fourth-order valence-corrected chi connectivity index (χ4v) is 5.55. The second-order valence-electron chi connectivity index (χ2n) is 8.24. The van der Waals surface area contributed by atoms with Crippen molar-refractivity contribution in [2.45, 2.75) is 51.6 Å². The van der Waals surface area contributed by atoms with Gasteiger partial charge in [-0.25, -0.2) is 4.79 Å². The quantitative estimate of drug-likeness (QED) is 0.821. The molecule has 2 amide bonds. The summed E-state index contributed by atoms with van der Waals surface area (Å²) in [5, 5.41) is 3.06. The Kier molecular flexibility index (Phi) is 4.65. The van der Waals surface area contributed by atoms with Gasteiger partial charge in [0.1, 0.15) is 0 Å². The third-order valence-electron chi connectivity index (χ3n) is 6.85. The van der Waals surface area contributed by atoms with E-state index in [1.165, 1.54) is 6.42 Å². The van der Waals surface area contributed by atoms with Crippen molar-refractivity contribution in [1.82, 2.24) is 15.1 Å². The molecule has 0 radical (unpaired) electrons. The Hall–Kier alpha value is -1.30. The third-order valence-corrected chi connectivity index (χ3v) is 6.85. The molecule has 140 valence electrons. The minimum absolute atomic E-state index is 0.132. The van der Waals surface area contributed by atoms with Crippen LogP contribution in [0.25, 0.3) is 0 Å². The van der Waals surface area contributed by atoms with Gasteiger partial charge >= 0.3 is 6.09 Å². The lowest BCUT2D eigenvalue weighted by atomic mass is 9.75. The van der Waals surface area contributed by atoms with Gasteiger partial charge in [-0.15, -0.1) is 0 Å². The van der Waals surface area contributed by atoms with E-state index in [2.05, 4.69) is 17.1 Å². The molecule has 3 aliphatic heterocycles. The number of ether oxygens (including phenoxy) is 1. The summed E-state index contributed by atoms with van der Waals surface area (Å²) in [4.78, 5) is 28.9. The summed E-state index contributed by atoms with van der Waals surface area (Å²) in [7, 11) is 0. The third kappa shape index (κ3) is 3.03. The average Bonchev–Trinajstić information content (AvgIpc) is 3.14. The van der Waals surface area contributed by atoms with Gasteiger partial charge in [0.25, 0.3) is 0 Å². The standard InChI is InChI=1S/C19H31N3O3/c1-3-7-20-18(23)17-14-10-21(11-15(14)17)16-8-13-6-5-12(16)9-22(13)19(24)25-4-2/h12-17H,3-11H2,1-2H3,(H,20,23)/t12-,13-,14-,15-,16-/m0/s1. The molecule has 0 aromatic heterocycles. The summed E-state index contributed by atoms with van der Waals surface area (Å²) in [6, 6.07) is 0.936. The summed E-state index contributed by atoms with van der Waals surface area (Å²) in [6.07, 6.45) is 4.28. The lowest BCUT2D eigenvalue weighted by Crippen LogP contribution is -2.60. The molecule has 0 aromatic rings. The van der Waals surface area contributed by atoms with Crippen LogP contribution < -0.4 is 5.32 Å². The molecule has 0 spiro atoms. The van der Waals surface area contributed by atoms with Gasteiger partial charge in [0, 0.05) is 44.2 Å². The molecule has 5 fully saturated rings. The Morgan fingerprint density at radius 1 is 1.12 bits per heavy atom. The number of carbonyl (C=O) groups is 2. The molecule has 0 aromatic carbocycles. The molecular formula is C19H31N3O3. The van der Waals surface area contributed by atoms with Crippen LogP contribution in [0.3, 0.4) is 0 Å². The molecule has 25 heavy (non-hydrogen) atoms. The topological polar surface area (TPSA) is 61.9 Å². The van der Waals surface area contributed by atoms with E-state index in [0.717, 1.165) is 45.4 Å². The Morgan fingerprint density at radius 3 is 2.48 bits per heavy atom. The molecule has 0 unspecified atom stereocenters.